The summed E-state index contributed by atoms with van der Waals surface area (Å²) in [5, 5.41) is 10.6. The molecule has 0 aliphatic carbocycles. The van der Waals surface area contributed by atoms with Crippen LogP contribution in [0.5, 0.6) is 0 Å². The van der Waals surface area contributed by atoms with Crippen molar-refractivity contribution in [2.75, 3.05) is 0 Å². The molecule has 0 saturated carbocycles. The Labute approximate surface area is 120 Å². The summed E-state index contributed by atoms with van der Waals surface area (Å²) in [5.74, 6) is 0.210. The fourth-order valence-corrected chi connectivity index (χ4v) is 2.58. The third kappa shape index (κ3) is 2.91. The minimum absolute atomic E-state index is 0.258. The fourth-order valence-electron chi connectivity index (χ4n) is 2.58. The van der Waals surface area contributed by atoms with E-state index in [1.165, 1.54) is 17.7 Å². The molecule has 0 spiro atoms. The van der Waals surface area contributed by atoms with Crippen molar-refractivity contribution in [1.29, 1.82) is 0 Å². The molecule has 0 aromatic heterocycles. The lowest BCUT2D eigenvalue weighted by molar-refractivity contribution is 0.218. The highest BCUT2D eigenvalue weighted by Gasteiger charge is 2.16. The molecular weight excluding hydrogens is 251 g/mol. The summed E-state index contributed by atoms with van der Waals surface area (Å²) in [6.45, 7) is 7.94. The molecule has 0 radical (unpaired) electrons. The third-order valence-electron chi connectivity index (χ3n) is 3.75. The number of hydrogen-bond acceptors (Lipinski definition) is 1. The quantitative estimate of drug-likeness (QED) is 0.862. The van der Waals surface area contributed by atoms with Crippen molar-refractivity contribution >= 4 is 0 Å². The predicted molar refractivity (Wildman–Crippen MR) is 80.5 cm³/mol. The van der Waals surface area contributed by atoms with Crippen LogP contribution in [0.25, 0.3) is 0 Å². The minimum atomic E-state index is -0.711. The van der Waals surface area contributed by atoms with Crippen LogP contribution in [0.2, 0.25) is 0 Å². The largest absolute Gasteiger partial charge is 0.384 e. The molecule has 106 valence electrons. The summed E-state index contributed by atoms with van der Waals surface area (Å²) in [5.41, 5.74) is 4.44. The zero-order valence-corrected chi connectivity index (χ0v) is 12.4. The van der Waals surface area contributed by atoms with Crippen LogP contribution in [0, 0.1) is 19.7 Å². The Morgan fingerprint density at radius 1 is 0.900 bits per heavy atom. The first-order valence-electron chi connectivity index (χ1n) is 6.94. The van der Waals surface area contributed by atoms with Crippen LogP contribution in [0.15, 0.2) is 36.4 Å². The van der Waals surface area contributed by atoms with Gasteiger partial charge in [0.15, 0.2) is 0 Å². The maximum absolute atomic E-state index is 13.3. The molecule has 1 N–H and O–H groups in total. The monoisotopic (exact) mass is 272 g/mol. The average Bonchev–Trinajstić information content (AvgIpc) is 2.37. The van der Waals surface area contributed by atoms with Gasteiger partial charge in [0.2, 0.25) is 0 Å². The van der Waals surface area contributed by atoms with E-state index in [4.69, 9.17) is 0 Å². The number of halogens is 1. The van der Waals surface area contributed by atoms with Crippen molar-refractivity contribution in [3.05, 3.63) is 70.0 Å². The molecule has 0 heterocycles. The van der Waals surface area contributed by atoms with Gasteiger partial charge in [-0.15, -0.1) is 0 Å². The van der Waals surface area contributed by atoms with Gasteiger partial charge in [-0.05, 0) is 59.7 Å². The average molecular weight is 272 g/mol. The second kappa shape index (κ2) is 5.76. The van der Waals surface area contributed by atoms with Crippen LogP contribution >= 0.6 is 0 Å². The van der Waals surface area contributed by atoms with E-state index in [9.17, 15) is 9.50 Å². The number of aliphatic hydroxyl groups excluding tert-OH is 1. The third-order valence-corrected chi connectivity index (χ3v) is 3.75. The van der Waals surface area contributed by atoms with Crippen LogP contribution in [-0.2, 0) is 0 Å². The van der Waals surface area contributed by atoms with Gasteiger partial charge in [0.1, 0.15) is 11.9 Å². The molecule has 1 nitrogen and oxygen atoms in total. The molecule has 0 fully saturated rings. The summed E-state index contributed by atoms with van der Waals surface area (Å²) in [6.07, 6.45) is -0.711. The van der Waals surface area contributed by atoms with Crippen molar-refractivity contribution in [2.24, 2.45) is 0 Å². The van der Waals surface area contributed by atoms with Crippen molar-refractivity contribution in [1.82, 2.24) is 0 Å². The van der Waals surface area contributed by atoms with Crippen molar-refractivity contribution in [3.8, 4) is 0 Å². The molecule has 2 aromatic rings. The van der Waals surface area contributed by atoms with Gasteiger partial charge < -0.3 is 5.11 Å². The summed E-state index contributed by atoms with van der Waals surface area (Å²) in [6, 6.07) is 10.9. The van der Waals surface area contributed by atoms with Gasteiger partial charge in [0.05, 0.1) is 0 Å². The first-order valence-corrected chi connectivity index (χ1v) is 6.94. The zero-order chi connectivity index (χ0) is 14.9. The molecule has 1 atom stereocenters. The van der Waals surface area contributed by atoms with Gasteiger partial charge in [-0.2, -0.15) is 0 Å². The first-order chi connectivity index (χ1) is 9.40. The van der Waals surface area contributed by atoms with E-state index in [2.05, 4.69) is 13.8 Å². The number of benzene rings is 2. The summed E-state index contributed by atoms with van der Waals surface area (Å²) in [4.78, 5) is 0. The van der Waals surface area contributed by atoms with Gasteiger partial charge in [-0.3, -0.25) is 0 Å². The maximum Gasteiger partial charge on any atom is 0.123 e. The van der Waals surface area contributed by atoms with Gasteiger partial charge in [0.25, 0.3) is 0 Å². The maximum atomic E-state index is 13.3. The van der Waals surface area contributed by atoms with E-state index in [0.717, 1.165) is 22.3 Å². The Hall–Kier alpha value is -1.67. The van der Waals surface area contributed by atoms with E-state index >= 15 is 0 Å². The molecule has 0 aliphatic rings. The van der Waals surface area contributed by atoms with E-state index in [1.807, 2.05) is 38.1 Å². The number of aryl methyl sites for hydroxylation is 2. The molecule has 1 unspecified atom stereocenters. The second-order valence-corrected chi connectivity index (χ2v) is 5.68. The Morgan fingerprint density at radius 2 is 1.35 bits per heavy atom. The van der Waals surface area contributed by atoms with E-state index in [-0.39, 0.29) is 5.82 Å². The lowest BCUT2D eigenvalue weighted by Crippen LogP contribution is -2.05. The Kier molecular flexibility index (Phi) is 4.24. The van der Waals surface area contributed by atoms with Crippen LogP contribution in [-0.4, -0.2) is 5.11 Å². The molecular formula is C18H21FO. The molecule has 20 heavy (non-hydrogen) atoms. The van der Waals surface area contributed by atoms with Crippen LogP contribution in [0.1, 0.15) is 53.7 Å². The lowest BCUT2D eigenvalue weighted by Gasteiger charge is -2.18. The van der Waals surface area contributed by atoms with Crippen LogP contribution in [0.4, 0.5) is 4.39 Å². The molecule has 0 aliphatic heterocycles. The fraction of sp³-hybridized carbons (Fsp3) is 0.333. The van der Waals surface area contributed by atoms with Gasteiger partial charge in [0, 0.05) is 0 Å². The molecule has 2 aromatic carbocycles. The van der Waals surface area contributed by atoms with Gasteiger partial charge in [-0.1, -0.05) is 38.1 Å². The first kappa shape index (κ1) is 14.7. The van der Waals surface area contributed by atoms with E-state index in [1.54, 1.807) is 0 Å². The number of hydrogen-bond donors (Lipinski definition) is 1. The molecule has 0 saturated heterocycles. The summed E-state index contributed by atoms with van der Waals surface area (Å²) < 4.78 is 13.3. The van der Waals surface area contributed by atoms with Gasteiger partial charge in [-0.25, -0.2) is 4.39 Å². The normalized spacial score (nSPS) is 12.8. The molecule has 2 rings (SSSR count). The second-order valence-electron chi connectivity index (χ2n) is 5.68. The van der Waals surface area contributed by atoms with E-state index in [0.29, 0.717) is 5.92 Å². The molecule has 0 bridgehead atoms. The highest BCUT2D eigenvalue weighted by Crippen LogP contribution is 2.29. The lowest BCUT2D eigenvalue weighted by atomic mass is 9.92. The minimum Gasteiger partial charge on any atom is -0.384 e. The van der Waals surface area contributed by atoms with Crippen LogP contribution in [0.3, 0.4) is 0 Å². The van der Waals surface area contributed by atoms with E-state index < -0.39 is 6.10 Å². The number of aliphatic hydroxyl groups is 1. The summed E-state index contributed by atoms with van der Waals surface area (Å²) in [7, 11) is 0. The Balaban J connectivity index is 2.38. The Morgan fingerprint density at radius 3 is 1.80 bits per heavy atom. The zero-order valence-electron chi connectivity index (χ0n) is 12.4. The van der Waals surface area contributed by atoms with Gasteiger partial charge >= 0.3 is 0 Å². The summed E-state index contributed by atoms with van der Waals surface area (Å²) >= 11 is 0. The van der Waals surface area contributed by atoms with Crippen LogP contribution < -0.4 is 0 Å². The number of rotatable bonds is 3. The standard InChI is InChI=1S/C18H21FO/c1-11(2)14-5-7-15(8-6-14)18(20)17-12(3)9-16(19)10-13(17)4/h5-11,18,20H,1-4H3. The SMILES string of the molecule is Cc1cc(F)cc(C)c1C(O)c1ccc(C(C)C)cc1. The van der Waals surface area contributed by atoms with Crippen molar-refractivity contribution < 1.29 is 9.50 Å². The predicted octanol–water partition coefficient (Wildman–Crippen LogP) is 4.65. The highest BCUT2D eigenvalue weighted by molar-refractivity contribution is 5.41. The Bertz CT molecular complexity index is 576. The molecule has 2 heteroatoms. The van der Waals surface area contributed by atoms with Crippen molar-refractivity contribution in [3.63, 3.8) is 0 Å². The molecule has 0 amide bonds. The topological polar surface area (TPSA) is 20.2 Å². The van der Waals surface area contributed by atoms with Crippen molar-refractivity contribution in [2.45, 2.75) is 39.7 Å². The highest BCUT2D eigenvalue weighted by atomic mass is 19.1. The smallest absolute Gasteiger partial charge is 0.123 e.